The fourth-order valence-electron chi connectivity index (χ4n) is 5.09. The van der Waals surface area contributed by atoms with Gasteiger partial charge in [-0.3, -0.25) is 4.98 Å². The third kappa shape index (κ3) is 6.98. The van der Waals surface area contributed by atoms with E-state index in [0.29, 0.717) is 72.5 Å². The molecule has 2 aromatic heterocycles. The molecule has 2 aromatic carbocycles. The van der Waals surface area contributed by atoms with Crippen molar-refractivity contribution in [2.75, 3.05) is 46.4 Å². The number of pyridine rings is 2. The molecule has 0 unspecified atom stereocenters. The number of aliphatic hydroxyl groups excluding tert-OH is 1. The van der Waals surface area contributed by atoms with Gasteiger partial charge in [0.25, 0.3) is 0 Å². The summed E-state index contributed by atoms with van der Waals surface area (Å²) in [6.07, 6.45) is 2.56. The third-order valence-corrected chi connectivity index (χ3v) is 7.16. The van der Waals surface area contributed by atoms with Crippen LogP contribution in [0.3, 0.4) is 0 Å². The lowest BCUT2D eigenvalue weighted by molar-refractivity contribution is 0.0595. The monoisotopic (exact) mass is 631 g/mol. The van der Waals surface area contributed by atoms with Crippen molar-refractivity contribution in [3.05, 3.63) is 66.1 Å². The number of carbonyl (C=O) groups excluding carboxylic acids is 1. The molecule has 4 aromatic rings. The van der Waals surface area contributed by atoms with Gasteiger partial charge in [-0.15, -0.1) is 24.8 Å². The molecule has 1 N–H and O–H groups in total. The number of hydrogen-bond donors (Lipinski definition) is 1. The molecule has 1 fully saturated rings. The Morgan fingerprint density at radius 3 is 2.21 bits per heavy atom. The van der Waals surface area contributed by atoms with E-state index in [-0.39, 0.29) is 36.6 Å². The number of carbonyl (C=O) groups is 1. The van der Waals surface area contributed by atoms with Crippen molar-refractivity contribution < 1.29 is 33.6 Å². The summed E-state index contributed by atoms with van der Waals surface area (Å²) in [4.78, 5) is 24.6. The first-order chi connectivity index (χ1) is 20.0. The standard InChI is InChI=1S/C31H33N3O7.2ClH/c1-37-25-15-19(16-26(38-2)29(25)39-3)27-23-9-8-22(41-18-20-7-5-6-12-32-20)17-24(23)30(33-28(27)31(36)40-4)34-13-10-21(35)11-14-34;;/h5-9,12,15-17,21,35H,10-11,13-14,18H2,1-4H3;2*1H. The lowest BCUT2D eigenvalue weighted by Crippen LogP contribution is -2.36. The van der Waals surface area contributed by atoms with Crippen LogP contribution in [0.1, 0.15) is 29.0 Å². The molecule has 3 heterocycles. The molecule has 0 saturated carbocycles. The van der Waals surface area contributed by atoms with E-state index >= 15 is 0 Å². The van der Waals surface area contributed by atoms with Crippen LogP contribution in [0, 0.1) is 0 Å². The summed E-state index contributed by atoms with van der Waals surface area (Å²) in [5.74, 6) is 1.98. The maximum Gasteiger partial charge on any atom is 0.357 e. The number of rotatable bonds is 9. The number of nitrogens with zero attached hydrogens (tertiary/aromatic N) is 3. The van der Waals surface area contributed by atoms with Crippen LogP contribution in [0.5, 0.6) is 23.0 Å². The van der Waals surface area contributed by atoms with Gasteiger partial charge in [0.2, 0.25) is 5.75 Å². The Morgan fingerprint density at radius 2 is 1.63 bits per heavy atom. The second-order valence-corrected chi connectivity index (χ2v) is 9.60. The Morgan fingerprint density at radius 1 is 0.930 bits per heavy atom. The summed E-state index contributed by atoms with van der Waals surface area (Å²) in [6, 6.07) is 14.9. The van der Waals surface area contributed by atoms with Crippen molar-refractivity contribution in [3.8, 4) is 34.1 Å². The normalized spacial score (nSPS) is 13.0. The molecule has 1 aliphatic rings. The zero-order chi connectivity index (χ0) is 28.9. The minimum absolute atomic E-state index is 0. The largest absolute Gasteiger partial charge is 0.493 e. The highest BCUT2D eigenvalue weighted by Crippen LogP contribution is 2.45. The van der Waals surface area contributed by atoms with Crippen molar-refractivity contribution in [3.63, 3.8) is 0 Å². The molecule has 43 heavy (non-hydrogen) atoms. The van der Waals surface area contributed by atoms with E-state index in [1.54, 1.807) is 18.3 Å². The number of anilines is 1. The molecule has 1 saturated heterocycles. The first kappa shape index (κ1) is 33.5. The van der Waals surface area contributed by atoms with Crippen LogP contribution in [0.2, 0.25) is 0 Å². The molecular formula is C31H35Cl2N3O7. The summed E-state index contributed by atoms with van der Waals surface area (Å²) >= 11 is 0. The van der Waals surface area contributed by atoms with E-state index < -0.39 is 5.97 Å². The van der Waals surface area contributed by atoms with Gasteiger partial charge in [0.05, 0.1) is 40.2 Å². The Bertz CT molecular complexity index is 1520. The second kappa shape index (κ2) is 15.0. The number of esters is 1. The Hall–Kier alpha value is -3.99. The predicted octanol–water partition coefficient (Wildman–Crippen LogP) is 5.49. The number of methoxy groups -OCH3 is 4. The van der Waals surface area contributed by atoms with Gasteiger partial charge < -0.3 is 33.7 Å². The zero-order valence-corrected chi connectivity index (χ0v) is 26.0. The van der Waals surface area contributed by atoms with E-state index in [9.17, 15) is 9.90 Å². The zero-order valence-electron chi connectivity index (χ0n) is 24.4. The Labute approximate surface area is 262 Å². The van der Waals surface area contributed by atoms with Crippen LogP contribution in [-0.4, -0.2) is 68.7 Å². The fraction of sp³-hybridized carbons (Fsp3) is 0.323. The van der Waals surface area contributed by atoms with Crippen LogP contribution in [0.25, 0.3) is 21.9 Å². The van der Waals surface area contributed by atoms with E-state index in [4.69, 9.17) is 28.7 Å². The van der Waals surface area contributed by atoms with Gasteiger partial charge in [-0.25, -0.2) is 9.78 Å². The molecule has 0 spiro atoms. The Kier molecular flexibility index (Phi) is 11.7. The predicted molar refractivity (Wildman–Crippen MR) is 169 cm³/mol. The Balaban J connectivity index is 0.00000253. The van der Waals surface area contributed by atoms with Crippen LogP contribution in [0.15, 0.2) is 54.7 Å². The summed E-state index contributed by atoms with van der Waals surface area (Å²) < 4.78 is 28.0. The molecule has 230 valence electrons. The van der Waals surface area contributed by atoms with Gasteiger partial charge >= 0.3 is 5.97 Å². The lowest BCUT2D eigenvalue weighted by atomic mass is 9.95. The smallest absolute Gasteiger partial charge is 0.357 e. The minimum Gasteiger partial charge on any atom is -0.493 e. The minimum atomic E-state index is -0.579. The average Bonchev–Trinajstić information content (AvgIpc) is 3.02. The molecule has 0 radical (unpaired) electrons. The van der Waals surface area contributed by atoms with Crippen LogP contribution < -0.4 is 23.8 Å². The summed E-state index contributed by atoms with van der Waals surface area (Å²) in [5.41, 5.74) is 2.15. The van der Waals surface area contributed by atoms with E-state index in [2.05, 4.69) is 9.88 Å². The maximum absolute atomic E-state index is 13.2. The molecule has 1 aliphatic heterocycles. The number of fused-ring (bicyclic) bond motifs is 1. The first-order valence-corrected chi connectivity index (χ1v) is 13.3. The molecule has 0 amide bonds. The van der Waals surface area contributed by atoms with Crippen molar-refractivity contribution in [2.24, 2.45) is 0 Å². The van der Waals surface area contributed by atoms with Crippen LogP contribution in [-0.2, 0) is 11.3 Å². The van der Waals surface area contributed by atoms with Crippen molar-refractivity contribution in [1.82, 2.24) is 9.97 Å². The topological polar surface area (TPSA) is 112 Å². The molecule has 0 atom stereocenters. The van der Waals surface area contributed by atoms with Gasteiger partial charge in [0.1, 0.15) is 18.2 Å². The molecule has 0 bridgehead atoms. The summed E-state index contributed by atoms with van der Waals surface area (Å²) in [5, 5.41) is 11.7. The fourth-order valence-corrected chi connectivity index (χ4v) is 5.09. The van der Waals surface area contributed by atoms with Gasteiger partial charge in [-0.1, -0.05) is 6.07 Å². The van der Waals surface area contributed by atoms with Gasteiger partial charge in [-0.05, 0) is 66.3 Å². The number of ether oxygens (including phenoxy) is 5. The summed E-state index contributed by atoms with van der Waals surface area (Å²) in [6.45, 7) is 1.48. The molecule has 10 nitrogen and oxygen atoms in total. The maximum atomic E-state index is 13.2. The molecular weight excluding hydrogens is 597 g/mol. The van der Waals surface area contributed by atoms with Crippen molar-refractivity contribution in [2.45, 2.75) is 25.6 Å². The highest BCUT2D eigenvalue weighted by molar-refractivity contribution is 6.10. The lowest BCUT2D eigenvalue weighted by Gasteiger charge is -2.32. The number of benzene rings is 2. The highest BCUT2D eigenvalue weighted by atomic mass is 35.5. The van der Waals surface area contributed by atoms with E-state index in [1.807, 2.05) is 36.4 Å². The second-order valence-electron chi connectivity index (χ2n) is 9.60. The molecule has 12 heteroatoms. The number of aliphatic hydroxyl groups is 1. The quantitative estimate of drug-likeness (QED) is 0.238. The van der Waals surface area contributed by atoms with Gasteiger partial charge in [-0.2, -0.15) is 0 Å². The van der Waals surface area contributed by atoms with Crippen LogP contribution in [0.4, 0.5) is 5.82 Å². The number of hydrogen-bond acceptors (Lipinski definition) is 10. The number of piperidine rings is 1. The number of aromatic nitrogens is 2. The molecule has 0 aliphatic carbocycles. The highest BCUT2D eigenvalue weighted by Gasteiger charge is 2.28. The van der Waals surface area contributed by atoms with Crippen molar-refractivity contribution in [1.29, 1.82) is 0 Å². The van der Waals surface area contributed by atoms with Gasteiger partial charge in [0.15, 0.2) is 17.2 Å². The van der Waals surface area contributed by atoms with Crippen LogP contribution >= 0.6 is 24.8 Å². The van der Waals surface area contributed by atoms with E-state index in [1.165, 1.54) is 28.4 Å². The third-order valence-electron chi connectivity index (χ3n) is 7.16. The first-order valence-electron chi connectivity index (χ1n) is 13.3. The number of halogens is 2. The van der Waals surface area contributed by atoms with Gasteiger partial charge in [0, 0.05) is 30.2 Å². The summed E-state index contributed by atoms with van der Waals surface area (Å²) in [7, 11) is 5.95. The van der Waals surface area contributed by atoms with E-state index in [0.717, 1.165) is 16.5 Å². The SMILES string of the molecule is COC(=O)c1nc(N2CCC(O)CC2)c2cc(OCc3ccccn3)ccc2c1-c1cc(OC)c(OC)c(OC)c1.Cl.Cl. The van der Waals surface area contributed by atoms with Crippen molar-refractivity contribution >= 4 is 47.4 Å². The molecule has 5 rings (SSSR count). The average molecular weight is 633 g/mol.